The molecule has 1 fully saturated rings. The summed E-state index contributed by atoms with van der Waals surface area (Å²) in [6, 6.07) is 0.627. The zero-order valence-electron chi connectivity index (χ0n) is 8.12. The van der Waals surface area contributed by atoms with Gasteiger partial charge >= 0.3 is 6.09 Å². The summed E-state index contributed by atoms with van der Waals surface area (Å²) in [5.41, 5.74) is 0. The third-order valence-electron chi connectivity index (χ3n) is 2.56. The molecule has 0 radical (unpaired) electrons. The Morgan fingerprint density at radius 1 is 1.54 bits per heavy atom. The second kappa shape index (κ2) is 5.07. The molecule has 0 aromatic heterocycles. The van der Waals surface area contributed by atoms with Gasteiger partial charge in [-0.25, -0.2) is 4.79 Å². The molecule has 0 aromatic carbocycles. The first kappa shape index (κ1) is 10.3. The molecule has 4 nitrogen and oxygen atoms in total. The summed E-state index contributed by atoms with van der Waals surface area (Å²) >= 11 is 0. The van der Waals surface area contributed by atoms with E-state index in [0.717, 1.165) is 6.54 Å². The molecule has 0 unspecified atom stereocenters. The van der Waals surface area contributed by atoms with Gasteiger partial charge in [-0.3, -0.25) is 0 Å². The minimum Gasteiger partial charge on any atom is -0.465 e. The van der Waals surface area contributed by atoms with Gasteiger partial charge in [0, 0.05) is 26.2 Å². The number of rotatable bonds is 4. The molecule has 0 saturated heterocycles. The Morgan fingerprint density at radius 3 is 2.69 bits per heavy atom. The lowest BCUT2D eigenvalue weighted by molar-refractivity contribution is 0.156. The Bertz CT molecular complexity index is 167. The lowest BCUT2D eigenvalue weighted by Crippen LogP contribution is -2.36. The van der Waals surface area contributed by atoms with Crippen molar-refractivity contribution >= 4 is 6.09 Å². The van der Waals surface area contributed by atoms with E-state index in [4.69, 9.17) is 5.11 Å². The maximum Gasteiger partial charge on any atom is 0.407 e. The Kier molecular flexibility index (Phi) is 4.02. The van der Waals surface area contributed by atoms with Gasteiger partial charge in [0.2, 0.25) is 0 Å². The highest BCUT2D eigenvalue weighted by atomic mass is 16.4. The topological polar surface area (TPSA) is 52.6 Å². The smallest absolute Gasteiger partial charge is 0.407 e. The van der Waals surface area contributed by atoms with E-state index < -0.39 is 6.09 Å². The molecule has 1 aliphatic rings. The third-order valence-corrected chi connectivity index (χ3v) is 2.56. The van der Waals surface area contributed by atoms with Crippen LogP contribution in [0.5, 0.6) is 0 Å². The average molecular weight is 186 g/mol. The fraction of sp³-hybridized carbons (Fsp3) is 0.889. The molecular formula is C9H18N2O2. The van der Waals surface area contributed by atoms with Crippen LogP contribution in [0.2, 0.25) is 0 Å². The van der Waals surface area contributed by atoms with Crippen molar-refractivity contribution in [3.05, 3.63) is 0 Å². The predicted octanol–water partition coefficient (Wildman–Crippen LogP) is 1.13. The SMILES string of the molecule is CN(CCNC1CCCC1)C(=O)O. The van der Waals surface area contributed by atoms with E-state index in [1.54, 1.807) is 7.05 Å². The molecule has 1 amide bonds. The lowest BCUT2D eigenvalue weighted by Gasteiger charge is -2.16. The molecule has 4 heteroatoms. The van der Waals surface area contributed by atoms with Crippen molar-refractivity contribution in [2.24, 2.45) is 0 Å². The summed E-state index contributed by atoms with van der Waals surface area (Å²) in [6.07, 6.45) is 4.26. The zero-order valence-corrected chi connectivity index (χ0v) is 8.12. The second-order valence-corrected chi connectivity index (χ2v) is 3.64. The van der Waals surface area contributed by atoms with Crippen LogP contribution < -0.4 is 5.32 Å². The van der Waals surface area contributed by atoms with Crippen LogP contribution in [0.15, 0.2) is 0 Å². The summed E-state index contributed by atoms with van der Waals surface area (Å²) < 4.78 is 0. The summed E-state index contributed by atoms with van der Waals surface area (Å²) in [4.78, 5) is 11.7. The second-order valence-electron chi connectivity index (χ2n) is 3.64. The highest BCUT2D eigenvalue weighted by molar-refractivity contribution is 5.64. The molecule has 0 heterocycles. The van der Waals surface area contributed by atoms with Crippen molar-refractivity contribution in [2.45, 2.75) is 31.7 Å². The van der Waals surface area contributed by atoms with Crippen molar-refractivity contribution in [3.8, 4) is 0 Å². The van der Waals surface area contributed by atoms with Gasteiger partial charge in [0.05, 0.1) is 0 Å². The first-order valence-corrected chi connectivity index (χ1v) is 4.87. The number of nitrogens with zero attached hydrogens (tertiary/aromatic N) is 1. The fourth-order valence-electron chi connectivity index (χ4n) is 1.66. The highest BCUT2D eigenvalue weighted by Gasteiger charge is 2.14. The van der Waals surface area contributed by atoms with E-state index in [-0.39, 0.29) is 0 Å². The van der Waals surface area contributed by atoms with Crippen molar-refractivity contribution in [1.82, 2.24) is 10.2 Å². The van der Waals surface area contributed by atoms with Gasteiger partial charge in [-0.05, 0) is 12.8 Å². The van der Waals surface area contributed by atoms with Crippen LogP contribution in [-0.2, 0) is 0 Å². The van der Waals surface area contributed by atoms with E-state index in [1.807, 2.05) is 0 Å². The Balaban J connectivity index is 2.02. The van der Waals surface area contributed by atoms with E-state index in [9.17, 15) is 4.79 Å². The summed E-state index contributed by atoms with van der Waals surface area (Å²) in [5, 5.41) is 11.9. The molecule has 1 aliphatic carbocycles. The van der Waals surface area contributed by atoms with Gasteiger partial charge in [-0.2, -0.15) is 0 Å². The van der Waals surface area contributed by atoms with Crippen molar-refractivity contribution in [2.75, 3.05) is 20.1 Å². The van der Waals surface area contributed by atoms with E-state index in [1.165, 1.54) is 30.6 Å². The summed E-state index contributed by atoms with van der Waals surface area (Å²) in [7, 11) is 1.60. The fourth-order valence-corrected chi connectivity index (χ4v) is 1.66. The maximum absolute atomic E-state index is 10.4. The van der Waals surface area contributed by atoms with E-state index in [2.05, 4.69) is 5.32 Å². The number of hydrogen-bond acceptors (Lipinski definition) is 2. The number of nitrogens with one attached hydrogen (secondary N) is 1. The van der Waals surface area contributed by atoms with Gasteiger partial charge < -0.3 is 15.3 Å². The van der Waals surface area contributed by atoms with E-state index in [0.29, 0.717) is 12.6 Å². The largest absolute Gasteiger partial charge is 0.465 e. The zero-order chi connectivity index (χ0) is 9.68. The molecule has 2 N–H and O–H groups in total. The quantitative estimate of drug-likeness (QED) is 0.692. The first-order valence-electron chi connectivity index (χ1n) is 4.87. The molecule has 0 spiro atoms. The maximum atomic E-state index is 10.4. The molecule has 0 atom stereocenters. The first-order chi connectivity index (χ1) is 6.20. The lowest BCUT2D eigenvalue weighted by atomic mass is 10.2. The molecule has 1 saturated carbocycles. The number of likely N-dealkylation sites (N-methyl/N-ethyl adjacent to an activating group) is 1. The molecule has 76 valence electrons. The Labute approximate surface area is 78.9 Å². The monoisotopic (exact) mass is 186 g/mol. The highest BCUT2D eigenvalue weighted by Crippen LogP contribution is 2.17. The van der Waals surface area contributed by atoms with Crippen molar-refractivity contribution in [1.29, 1.82) is 0 Å². The Hall–Kier alpha value is -0.770. The molecule has 0 aromatic rings. The molecule has 0 aliphatic heterocycles. The average Bonchev–Trinajstić information content (AvgIpc) is 2.56. The van der Waals surface area contributed by atoms with Gasteiger partial charge in [0.1, 0.15) is 0 Å². The molecule has 0 bridgehead atoms. The van der Waals surface area contributed by atoms with Gasteiger partial charge in [0.15, 0.2) is 0 Å². The minimum atomic E-state index is -0.853. The Morgan fingerprint density at radius 2 is 2.15 bits per heavy atom. The van der Waals surface area contributed by atoms with Gasteiger partial charge in [-0.15, -0.1) is 0 Å². The number of carboxylic acid groups (broad SMARTS) is 1. The van der Waals surface area contributed by atoms with Gasteiger partial charge in [0.25, 0.3) is 0 Å². The van der Waals surface area contributed by atoms with Crippen molar-refractivity contribution in [3.63, 3.8) is 0 Å². The minimum absolute atomic E-state index is 0.575. The molecule has 1 rings (SSSR count). The van der Waals surface area contributed by atoms with Crippen LogP contribution in [0.1, 0.15) is 25.7 Å². The summed E-state index contributed by atoms with van der Waals surface area (Å²) in [6.45, 7) is 1.35. The molecular weight excluding hydrogens is 168 g/mol. The molecule has 13 heavy (non-hydrogen) atoms. The number of carbonyl (C=O) groups is 1. The van der Waals surface area contributed by atoms with Gasteiger partial charge in [-0.1, -0.05) is 12.8 Å². The third kappa shape index (κ3) is 3.63. The van der Waals surface area contributed by atoms with E-state index >= 15 is 0 Å². The summed E-state index contributed by atoms with van der Waals surface area (Å²) in [5.74, 6) is 0. The normalized spacial score (nSPS) is 17.6. The van der Waals surface area contributed by atoms with Crippen LogP contribution >= 0.6 is 0 Å². The van der Waals surface area contributed by atoms with Crippen LogP contribution in [0.3, 0.4) is 0 Å². The van der Waals surface area contributed by atoms with Crippen LogP contribution in [-0.4, -0.2) is 42.3 Å². The predicted molar refractivity (Wildman–Crippen MR) is 50.9 cm³/mol. The van der Waals surface area contributed by atoms with Crippen LogP contribution in [0.25, 0.3) is 0 Å². The van der Waals surface area contributed by atoms with Crippen LogP contribution in [0.4, 0.5) is 4.79 Å². The van der Waals surface area contributed by atoms with Crippen molar-refractivity contribution < 1.29 is 9.90 Å². The number of amides is 1. The standard InChI is InChI=1S/C9H18N2O2/c1-11(9(12)13)7-6-10-8-4-2-3-5-8/h8,10H,2-7H2,1H3,(H,12,13). The van der Waals surface area contributed by atoms with Crippen LogP contribution in [0, 0.1) is 0 Å². The number of hydrogen-bond donors (Lipinski definition) is 2.